The molecular weight excluding hydrogens is 223 g/mol. The van der Waals surface area contributed by atoms with Crippen molar-refractivity contribution < 1.29 is 0 Å². The summed E-state index contributed by atoms with van der Waals surface area (Å²) in [7, 11) is 0. The largest absolute Gasteiger partial charge is 0.0904 e. The number of hydrogen-bond donors (Lipinski definition) is 0. The van der Waals surface area contributed by atoms with E-state index in [-0.39, 0.29) is 20.7 Å². The van der Waals surface area contributed by atoms with Gasteiger partial charge in [0, 0.05) is 0 Å². The lowest BCUT2D eigenvalue weighted by Gasteiger charge is -2.00. The standard InChI is InChI=1S/C8H11I/c1-3-8-4-5-9-7(2)6-8/h4-6H,3H2,1-2H3. The van der Waals surface area contributed by atoms with Gasteiger partial charge in [-0.3, -0.25) is 0 Å². The molecule has 1 rings (SSSR count). The lowest BCUT2D eigenvalue weighted by molar-refractivity contribution is 1.15. The second kappa shape index (κ2) is 3.30. The van der Waals surface area contributed by atoms with Crippen LogP contribution in [-0.2, 0) is 0 Å². The average Bonchev–Trinajstić information content (AvgIpc) is 1.88. The molecule has 9 heavy (non-hydrogen) atoms. The van der Waals surface area contributed by atoms with Crippen LogP contribution in [-0.4, -0.2) is 4.01 Å². The SMILES string of the molecule is CCC1=CC=IC(C)=C1. The van der Waals surface area contributed by atoms with E-state index in [2.05, 4.69) is 30.0 Å². The summed E-state index contributed by atoms with van der Waals surface area (Å²) < 4.78 is 3.93. The maximum Gasteiger partial charge on any atom is -0.0175 e. The lowest BCUT2D eigenvalue weighted by atomic mass is 10.2. The summed E-state index contributed by atoms with van der Waals surface area (Å²) in [5, 5.41) is 0. The molecule has 1 aliphatic rings. The smallest absolute Gasteiger partial charge is 0.0175 e. The third kappa shape index (κ3) is 2.05. The normalized spacial score (nSPS) is 18.0. The molecule has 0 aliphatic carbocycles. The molecule has 0 nitrogen and oxygen atoms in total. The topological polar surface area (TPSA) is 0 Å². The molecule has 1 aliphatic heterocycles. The van der Waals surface area contributed by atoms with E-state index in [9.17, 15) is 0 Å². The highest BCUT2D eigenvalue weighted by atomic mass is 127. The number of rotatable bonds is 1. The van der Waals surface area contributed by atoms with Crippen molar-refractivity contribution in [2.75, 3.05) is 0 Å². The van der Waals surface area contributed by atoms with Crippen LogP contribution < -0.4 is 0 Å². The Morgan fingerprint density at radius 3 is 2.78 bits per heavy atom. The molecule has 0 bridgehead atoms. The summed E-state index contributed by atoms with van der Waals surface area (Å²) in [6.07, 6.45) is 5.77. The van der Waals surface area contributed by atoms with Crippen LogP contribution in [0.25, 0.3) is 0 Å². The van der Waals surface area contributed by atoms with Gasteiger partial charge in [-0.05, 0) is 26.5 Å². The molecule has 0 radical (unpaired) electrons. The molecule has 0 N–H and O–H groups in total. The first-order valence-corrected chi connectivity index (χ1v) is 5.49. The van der Waals surface area contributed by atoms with Crippen molar-refractivity contribution in [3.8, 4) is 0 Å². The van der Waals surface area contributed by atoms with E-state index in [0.717, 1.165) is 0 Å². The van der Waals surface area contributed by atoms with Gasteiger partial charge in [-0.15, -0.1) is 0 Å². The molecular formula is C8H11I. The van der Waals surface area contributed by atoms with Crippen LogP contribution in [0.15, 0.2) is 21.3 Å². The summed E-state index contributed by atoms with van der Waals surface area (Å²) >= 11 is 0.278. The summed E-state index contributed by atoms with van der Waals surface area (Å²) in [6.45, 7) is 4.43. The second-order valence-corrected chi connectivity index (χ2v) is 5.10. The van der Waals surface area contributed by atoms with Crippen LogP contribution in [0.1, 0.15) is 20.3 Å². The van der Waals surface area contributed by atoms with Crippen LogP contribution in [0.3, 0.4) is 0 Å². The summed E-state index contributed by atoms with van der Waals surface area (Å²) in [6, 6.07) is 0. The highest BCUT2D eigenvalue weighted by Gasteiger charge is 1.92. The fourth-order valence-electron chi connectivity index (χ4n) is 0.767. The van der Waals surface area contributed by atoms with Gasteiger partial charge in [0.05, 0.1) is 0 Å². The first-order valence-electron chi connectivity index (χ1n) is 3.17. The van der Waals surface area contributed by atoms with Gasteiger partial charge in [-0.1, -0.05) is 39.8 Å². The Bertz CT molecular complexity index is 185. The third-order valence-electron chi connectivity index (χ3n) is 1.30. The van der Waals surface area contributed by atoms with Gasteiger partial charge in [-0.2, -0.15) is 0 Å². The van der Waals surface area contributed by atoms with Crippen molar-refractivity contribution in [1.29, 1.82) is 0 Å². The highest BCUT2D eigenvalue weighted by molar-refractivity contribution is 14.2. The summed E-state index contributed by atoms with van der Waals surface area (Å²) in [5.41, 5.74) is 1.48. The Morgan fingerprint density at radius 1 is 1.56 bits per heavy atom. The molecule has 0 unspecified atom stereocenters. The van der Waals surface area contributed by atoms with Gasteiger partial charge in [0.2, 0.25) is 0 Å². The zero-order valence-electron chi connectivity index (χ0n) is 5.82. The Kier molecular flexibility index (Phi) is 2.64. The van der Waals surface area contributed by atoms with E-state index in [4.69, 9.17) is 0 Å². The van der Waals surface area contributed by atoms with Crippen LogP contribution in [0.5, 0.6) is 0 Å². The molecule has 0 aromatic carbocycles. The predicted octanol–water partition coefficient (Wildman–Crippen LogP) is 3.01. The van der Waals surface area contributed by atoms with E-state index in [0.29, 0.717) is 0 Å². The lowest BCUT2D eigenvalue weighted by Crippen LogP contribution is -1.79. The molecule has 0 spiro atoms. The van der Waals surface area contributed by atoms with Gasteiger partial charge in [0.25, 0.3) is 0 Å². The van der Waals surface area contributed by atoms with Crippen molar-refractivity contribution in [1.82, 2.24) is 0 Å². The van der Waals surface area contributed by atoms with Gasteiger partial charge in [0.1, 0.15) is 0 Å². The van der Waals surface area contributed by atoms with Crippen LogP contribution in [0.2, 0.25) is 0 Å². The predicted molar refractivity (Wildman–Crippen MR) is 52.2 cm³/mol. The molecule has 0 saturated heterocycles. The van der Waals surface area contributed by atoms with Crippen molar-refractivity contribution in [3.63, 3.8) is 0 Å². The highest BCUT2D eigenvalue weighted by Crippen LogP contribution is 2.20. The zero-order valence-corrected chi connectivity index (χ0v) is 7.97. The Balaban J connectivity index is 2.78. The van der Waals surface area contributed by atoms with E-state index < -0.39 is 0 Å². The van der Waals surface area contributed by atoms with E-state index in [1.807, 2.05) is 0 Å². The van der Waals surface area contributed by atoms with E-state index in [1.54, 1.807) is 3.58 Å². The van der Waals surface area contributed by atoms with Crippen molar-refractivity contribution >= 4 is 24.7 Å². The molecule has 0 saturated carbocycles. The van der Waals surface area contributed by atoms with Crippen LogP contribution >= 0.6 is 20.7 Å². The quantitative estimate of drug-likeness (QED) is 0.612. The molecule has 0 fully saturated rings. The molecule has 0 aromatic rings. The van der Waals surface area contributed by atoms with Gasteiger partial charge >= 0.3 is 0 Å². The minimum atomic E-state index is 0.278. The molecule has 50 valence electrons. The maximum atomic E-state index is 2.34. The first-order chi connectivity index (χ1) is 4.33. The molecule has 0 atom stereocenters. The van der Waals surface area contributed by atoms with Crippen molar-refractivity contribution in [3.05, 3.63) is 21.3 Å². The third-order valence-corrected chi connectivity index (χ3v) is 3.32. The number of hydrogen-bond acceptors (Lipinski definition) is 0. The molecule has 0 amide bonds. The van der Waals surface area contributed by atoms with Crippen LogP contribution in [0, 0.1) is 0 Å². The van der Waals surface area contributed by atoms with Crippen LogP contribution in [0.4, 0.5) is 0 Å². The molecule has 1 heteroatoms. The average molecular weight is 234 g/mol. The van der Waals surface area contributed by atoms with Gasteiger partial charge in [-0.25, -0.2) is 0 Å². The Morgan fingerprint density at radius 2 is 2.33 bits per heavy atom. The van der Waals surface area contributed by atoms with Gasteiger partial charge < -0.3 is 0 Å². The fraction of sp³-hybridized carbons (Fsp3) is 0.375. The second-order valence-electron chi connectivity index (χ2n) is 2.06. The Labute approximate surface area is 66.4 Å². The number of halogens is 1. The van der Waals surface area contributed by atoms with Crippen molar-refractivity contribution in [2.45, 2.75) is 20.3 Å². The van der Waals surface area contributed by atoms with Gasteiger partial charge in [0.15, 0.2) is 0 Å². The Hall–Kier alpha value is 0.0800. The zero-order chi connectivity index (χ0) is 6.69. The fourth-order valence-corrected chi connectivity index (χ4v) is 2.56. The monoisotopic (exact) mass is 234 g/mol. The minimum Gasteiger partial charge on any atom is -0.0904 e. The molecule has 1 heterocycles. The first kappa shape index (κ1) is 7.19. The summed E-state index contributed by atoms with van der Waals surface area (Å²) in [4.78, 5) is 0. The van der Waals surface area contributed by atoms with E-state index >= 15 is 0 Å². The van der Waals surface area contributed by atoms with Crippen molar-refractivity contribution in [2.24, 2.45) is 0 Å². The van der Waals surface area contributed by atoms with E-state index in [1.165, 1.54) is 12.0 Å². The maximum absolute atomic E-state index is 2.34. The number of allylic oxidation sites excluding steroid dienone is 4. The summed E-state index contributed by atoms with van der Waals surface area (Å²) in [5.74, 6) is 0. The minimum absolute atomic E-state index is 0.278. The molecule has 0 aromatic heterocycles.